The summed E-state index contributed by atoms with van der Waals surface area (Å²) in [6.45, 7) is 3.15. The number of halogens is 1. The Morgan fingerprint density at radius 2 is 2.29 bits per heavy atom. The first kappa shape index (κ1) is 13.9. The summed E-state index contributed by atoms with van der Waals surface area (Å²) >= 11 is 5.96. The maximum absolute atomic E-state index is 10.5. The quantitative estimate of drug-likeness (QED) is 0.628. The van der Waals surface area contributed by atoms with Gasteiger partial charge in [0.25, 0.3) is 5.69 Å². The van der Waals surface area contributed by atoms with E-state index in [1.165, 1.54) is 12.1 Å². The molecule has 0 aliphatic rings. The van der Waals surface area contributed by atoms with Gasteiger partial charge in [0.1, 0.15) is 0 Å². The molecule has 5 nitrogen and oxygen atoms in total. The van der Waals surface area contributed by atoms with Gasteiger partial charge in [0.2, 0.25) is 0 Å². The van der Waals surface area contributed by atoms with Gasteiger partial charge in [0.05, 0.1) is 16.6 Å². The number of hydrogen-bond donors (Lipinski definition) is 1. The van der Waals surface area contributed by atoms with Crippen molar-refractivity contribution in [1.82, 2.24) is 5.32 Å². The Kier molecular flexibility index (Phi) is 5.34. The molecular weight excluding hydrogens is 244 g/mol. The minimum Gasteiger partial charge on any atom is -0.383 e. The van der Waals surface area contributed by atoms with Crippen LogP contribution in [0, 0.1) is 10.1 Å². The number of hydrogen-bond acceptors (Lipinski definition) is 4. The van der Waals surface area contributed by atoms with Gasteiger partial charge in [0, 0.05) is 31.8 Å². The molecule has 0 saturated carbocycles. The summed E-state index contributed by atoms with van der Waals surface area (Å²) in [6.07, 6.45) is 0. The number of methoxy groups -OCH3 is 1. The van der Waals surface area contributed by atoms with Crippen LogP contribution in [0.4, 0.5) is 5.69 Å². The van der Waals surface area contributed by atoms with Crippen LogP contribution in [0.5, 0.6) is 0 Å². The van der Waals surface area contributed by atoms with Crippen LogP contribution in [0.25, 0.3) is 0 Å². The van der Waals surface area contributed by atoms with Crippen LogP contribution >= 0.6 is 11.6 Å². The lowest BCUT2D eigenvalue weighted by molar-refractivity contribution is -0.384. The molecule has 0 aliphatic heterocycles. The molecule has 0 aliphatic carbocycles. The van der Waals surface area contributed by atoms with Crippen molar-refractivity contribution >= 4 is 17.3 Å². The summed E-state index contributed by atoms with van der Waals surface area (Å²) in [5, 5.41) is 14.1. The number of nitrogens with one attached hydrogen (secondary N) is 1. The second kappa shape index (κ2) is 6.54. The van der Waals surface area contributed by atoms with E-state index in [-0.39, 0.29) is 11.7 Å². The third-order valence-electron chi connectivity index (χ3n) is 2.31. The predicted molar refractivity (Wildman–Crippen MR) is 66.3 cm³/mol. The van der Waals surface area contributed by atoms with E-state index in [4.69, 9.17) is 16.3 Å². The van der Waals surface area contributed by atoms with Crippen LogP contribution < -0.4 is 5.32 Å². The smallest absolute Gasteiger partial charge is 0.270 e. The fraction of sp³-hybridized carbons (Fsp3) is 0.455. The number of non-ortho nitro benzene ring substituents is 1. The number of benzene rings is 1. The summed E-state index contributed by atoms with van der Waals surface area (Å²) in [7, 11) is 1.64. The largest absolute Gasteiger partial charge is 0.383 e. The van der Waals surface area contributed by atoms with Crippen LogP contribution in [-0.4, -0.2) is 24.7 Å². The third-order valence-corrected chi connectivity index (χ3v) is 2.66. The van der Waals surface area contributed by atoms with E-state index in [1.54, 1.807) is 13.2 Å². The Morgan fingerprint density at radius 3 is 2.82 bits per heavy atom. The molecule has 94 valence electrons. The maximum atomic E-state index is 10.5. The Labute approximate surface area is 105 Å². The second-order valence-electron chi connectivity index (χ2n) is 3.77. The van der Waals surface area contributed by atoms with E-state index in [0.717, 1.165) is 5.56 Å². The first-order chi connectivity index (χ1) is 8.04. The molecule has 1 aromatic rings. The van der Waals surface area contributed by atoms with E-state index in [9.17, 15) is 10.1 Å². The number of nitrogens with zero attached hydrogens (tertiary/aromatic N) is 1. The summed E-state index contributed by atoms with van der Waals surface area (Å²) in [4.78, 5) is 10.1. The number of rotatable bonds is 6. The van der Waals surface area contributed by atoms with Gasteiger partial charge in [0.15, 0.2) is 0 Å². The molecule has 0 spiro atoms. The van der Waals surface area contributed by atoms with Gasteiger partial charge in [-0.25, -0.2) is 0 Å². The zero-order chi connectivity index (χ0) is 12.8. The third kappa shape index (κ3) is 4.30. The normalized spacial score (nSPS) is 12.4. The van der Waals surface area contributed by atoms with Crippen LogP contribution in [-0.2, 0) is 11.3 Å². The lowest BCUT2D eigenvalue weighted by Gasteiger charge is -2.13. The molecule has 17 heavy (non-hydrogen) atoms. The molecule has 0 radical (unpaired) electrons. The fourth-order valence-electron chi connectivity index (χ4n) is 1.39. The SMILES string of the molecule is COCC(C)NCc1ccc([N+](=O)[O-])cc1Cl. The summed E-state index contributed by atoms with van der Waals surface area (Å²) in [6, 6.07) is 4.67. The van der Waals surface area contributed by atoms with Gasteiger partial charge in [-0.15, -0.1) is 0 Å². The molecule has 0 heterocycles. The van der Waals surface area contributed by atoms with Crippen molar-refractivity contribution < 1.29 is 9.66 Å². The molecule has 6 heteroatoms. The van der Waals surface area contributed by atoms with Crippen molar-refractivity contribution in [1.29, 1.82) is 0 Å². The zero-order valence-corrected chi connectivity index (χ0v) is 10.5. The van der Waals surface area contributed by atoms with Crippen molar-refractivity contribution in [2.45, 2.75) is 19.5 Å². The molecule has 0 aromatic heterocycles. The minimum absolute atomic E-state index is 0.00342. The first-order valence-electron chi connectivity index (χ1n) is 5.19. The molecule has 1 N–H and O–H groups in total. The number of nitro groups is 1. The van der Waals surface area contributed by atoms with Crippen molar-refractivity contribution in [2.24, 2.45) is 0 Å². The average molecular weight is 259 g/mol. The summed E-state index contributed by atoms with van der Waals surface area (Å²) < 4.78 is 4.99. The number of nitro benzene ring substituents is 1. The summed E-state index contributed by atoms with van der Waals surface area (Å²) in [5.41, 5.74) is 0.837. The molecule has 1 atom stereocenters. The van der Waals surface area contributed by atoms with Crippen molar-refractivity contribution in [3.63, 3.8) is 0 Å². The minimum atomic E-state index is -0.462. The maximum Gasteiger partial charge on any atom is 0.270 e. The average Bonchev–Trinajstić information content (AvgIpc) is 2.27. The van der Waals surface area contributed by atoms with Crippen LogP contribution in [0.15, 0.2) is 18.2 Å². The molecular formula is C11H15ClN2O3. The molecule has 0 saturated heterocycles. The standard InChI is InChI=1S/C11H15ClN2O3/c1-8(7-17-2)13-6-9-3-4-10(14(15)16)5-11(9)12/h3-5,8,13H,6-7H2,1-2H3. The van der Waals surface area contributed by atoms with Crippen LogP contribution in [0.2, 0.25) is 5.02 Å². The van der Waals surface area contributed by atoms with Gasteiger partial charge < -0.3 is 10.1 Å². The molecule has 0 fully saturated rings. The van der Waals surface area contributed by atoms with E-state index in [2.05, 4.69) is 5.32 Å². The van der Waals surface area contributed by atoms with Crippen molar-refractivity contribution in [3.05, 3.63) is 38.9 Å². The molecule has 1 aromatic carbocycles. The van der Waals surface area contributed by atoms with Crippen molar-refractivity contribution in [3.8, 4) is 0 Å². The Hall–Kier alpha value is -1.17. The van der Waals surface area contributed by atoms with E-state index in [1.807, 2.05) is 6.92 Å². The lowest BCUT2D eigenvalue weighted by Crippen LogP contribution is -2.29. The molecule has 1 rings (SSSR count). The van der Waals surface area contributed by atoms with Gasteiger partial charge in [-0.3, -0.25) is 10.1 Å². The van der Waals surface area contributed by atoms with Gasteiger partial charge >= 0.3 is 0 Å². The first-order valence-corrected chi connectivity index (χ1v) is 5.57. The van der Waals surface area contributed by atoms with Crippen LogP contribution in [0.3, 0.4) is 0 Å². The second-order valence-corrected chi connectivity index (χ2v) is 4.18. The molecule has 1 unspecified atom stereocenters. The van der Waals surface area contributed by atoms with Crippen molar-refractivity contribution in [2.75, 3.05) is 13.7 Å². The zero-order valence-electron chi connectivity index (χ0n) is 9.77. The predicted octanol–water partition coefficient (Wildman–Crippen LogP) is 2.37. The molecule has 0 bridgehead atoms. The van der Waals surface area contributed by atoms with Gasteiger partial charge in [-0.05, 0) is 18.6 Å². The monoisotopic (exact) mass is 258 g/mol. The van der Waals surface area contributed by atoms with E-state index < -0.39 is 4.92 Å². The highest BCUT2D eigenvalue weighted by molar-refractivity contribution is 6.31. The highest BCUT2D eigenvalue weighted by Gasteiger charge is 2.09. The molecule has 0 amide bonds. The Morgan fingerprint density at radius 1 is 1.59 bits per heavy atom. The fourth-order valence-corrected chi connectivity index (χ4v) is 1.63. The summed E-state index contributed by atoms with van der Waals surface area (Å²) in [5.74, 6) is 0. The Balaban J connectivity index is 2.63. The van der Waals surface area contributed by atoms with E-state index in [0.29, 0.717) is 18.2 Å². The lowest BCUT2D eigenvalue weighted by atomic mass is 10.2. The van der Waals surface area contributed by atoms with Crippen LogP contribution in [0.1, 0.15) is 12.5 Å². The highest BCUT2D eigenvalue weighted by Crippen LogP contribution is 2.22. The van der Waals surface area contributed by atoms with E-state index >= 15 is 0 Å². The topological polar surface area (TPSA) is 64.4 Å². The van der Waals surface area contributed by atoms with Gasteiger partial charge in [-0.2, -0.15) is 0 Å². The van der Waals surface area contributed by atoms with Gasteiger partial charge in [-0.1, -0.05) is 11.6 Å². The number of ether oxygens (including phenoxy) is 1. The Bertz CT molecular complexity index is 398. The highest BCUT2D eigenvalue weighted by atomic mass is 35.5.